The van der Waals surface area contributed by atoms with Crippen LogP contribution in [-0.2, 0) is 6.42 Å². The molecule has 0 fully saturated rings. The highest BCUT2D eigenvalue weighted by Crippen LogP contribution is 2.24. The van der Waals surface area contributed by atoms with Crippen molar-refractivity contribution < 1.29 is 9.52 Å². The van der Waals surface area contributed by atoms with Crippen LogP contribution in [0.25, 0.3) is 0 Å². The molecule has 84 valence electrons. The summed E-state index contributed by atoms with van der Waals surface area (Å²) in [6.07, 6.45) is 3.53. The third kappa shape index (κ3) is 2.31. The third-order valence-corrected chi connectivity index (χ3v) is 2.62. The first-order valence-corrected chi connectivity index (χ1v) is 5.30. The number of aryl methyl sites for hydroxylation is 2. The number of rotatable bonds is 3. The van der Waals surface area contributed by atoms with E-state index in [2.05, 4.69) is 4.98 Å². The van der Waals surface area contributed by atoms with E-state index in [4.69, 9.17) is 4.42 Å². The zero-order chi connectivity index (χ0) is 11.5. The molecule has 0 saturated carbocycles. The normalized spacial score (nSPS) is 12.7. The molecule has 0 amide bonds. The van der Waals surface area contributed by atoms with Gasteiger partial charge in [-0.25, -0.2) is 0 Å². The van der Waals surface area contributed by atoms with Crippen LogP contribution in [-0.4, -0.2) is 10.1 Å². The van der Waals surface area contributed by atoms with Crippen LogP contribution in [0.2, 0.25) is 0 Å². The quantitative estimate of drug-likeness (QED) is 0.859. The summed E-state index contributed by atoms with van der Waals surface area (Å²) in [7, 11) is 0. The molecule has 0 aliphatic rings. The Labute approximate surface area is 94.8 Å². The molecule has 2 aromatic rings. The first kappa shape index (κ1) is 10.9. The second-order valence-corrected chi connectivity index (χ2v) is 3.94. The van der Waals surface area contributed by atoms with Gasteiger partial charge < -0.3 is 9.52 Å². The Morgan fingerprint density at radius 1 is 1.31 bits per heavy atom. The smallest absolute Gasteiger partial charge is 0.106 e. The molecule has 0 saturated heterocycles. The molecule has 3 heteroatoms. The van der Waals surface area contributed by atoms with E-state index < -0.39 is 6.10 Å². The number of pyridine rings is 1. The molecule has 2 rings (SSSR count). The minimum atomic E-state index is -0.514. The minimum Gasteiger partial charge on any atom is -0.466 e. The molecule has 0 spiro atoms. The van der Waals surface area contributed by atoms with Crippen LogP contribution in [0.1, 0.15) is 28.8 Å². The molecule has 2 aromatic heterocycles. The highest BCUT2D eigenvalue weighted by Gasteiger charge is 2.14. The molecule has 3 nitrogen and oxygen atoms in total. The van der Waals surface area contributed by atoms with Crippen molar-refractivity contribution in [1.29, 1.82) is 0 Å². The van der Waals surface area contributed by atoms with E-state index >= 15 is 0 Å². The SMILES string of the molecule is Cc1cc(C(O)Cc2ccncc2)c(C)o1. The maximum atomic E-state index is 10.1. The van der Waals surface area contributed by atoms with Gasteiger partial charge in [0.15, 0.2) is 0 Å². The lowest BCUT2D eigenvalue weighted by atomic mass is 10.0. The monoisotopic (exact) mass is 217 g/mol. The van der Waals surface area contributed by atoms with E-state index in [1.54, 1.807) is 12.4 Å². The van der Waals surface area contributed by atoms with Gasteiger partial charge in [-0.15, -0.1) is 0 Å². The number of hydrogen-bond donors (Lipinski definition) is 1. The van der Waals surface area contributed by atoms with Crippen molar-refractivity contribution in [3.63, 3.8) is 0 Å². The lowest BCUT2D eigenvalue weighted by Gasteiger charge is -2.09. The van der Waals surface area contributed by atoms with Gasteiger partial charge in [0.1, 0.15) is 11.5 Å². The van der Waals surface area contributed by atoms with Crippen LogP contribution < -0.4 is 0 Å². The minimum absolute atomic E-state index is 0.514. The first-order valence-electron chi connectivity index (χ1n) is 5.30. The van der Waals surface area contributed by atoms with Gasteiger partial charge in [0, 0.05) is 24.4 Å². The van der Waals surface area contributed by atoms with Crippen LogP contribution in [0.3, 0.4) is 0 Å². The number of aliphatic hydroxyl groups is 1. The molecule has 1 atom stereocenters. The first-order chi connectivity index (χ1) is 7.66. The molecule has 1 unspecified atom stereocenters. The molecule has 0 aliphatic carbocycles. The van der Waals surface area contributed by atoms with Crippen molar-refractivity contribution in [2.24, 2.45) is 0 Å². The largest absolute Gasteiger partial charge is 0.466 e. The standard InChI is InChI=1S/C13H15NO2/c1-9-7-12(10(2)16-9)13(15)8-11-3-5-14-6-4-11/h3-7,13,15H,8H2,1-2H3. The number of aromatic nitrogens is 1. The fourth-order valence-electron chi connectivity index (χ4n) is 1.83. The van der Waals surface area contributed by atoms with E-state index in [0.29, 0.717) is 6.42 Å². The van der Waals surface area contributed by atoms with Gasteiger partial charge in [-0.3, -0.25) is 4.98 Å². The Morgan fingerprint density at radius 2 is 2.00 bits per heavy atom. The predicted molar refractivity (Wildman–Crippen MR) is 61.1 cm³/mol. The molecule has 1 N–H and O–H groups in total. The van der Waals surface area contributed by atoms with Gasteiger partial charge in [0.25, 0.3) is 0 Å². The predicted octanol–water partition coefficient (Wildman–Crippen LogP) is 2.57. The van der Waals surface area contributed by atoms with Crippen molar-refractivity contribution in [1.82, 2.24) is 4.98 Å². The van der Waals surface area contributed by atoms with Gasteiger partial charge in [0.05, 0.1) is 6.10 Å². The number of nitrogens with zero attached hydrogens (tertiary/aromatic N) is 1. The van der Waals surface area contributed by atoms with Crippen molar-refractivity contribution in [3.8, 4) is 0 Å². The van der Waals surface area contributed by atoms with Crippen LogP contribution in [0.5, 0.6) is 0 Å². The van der Waals surface area contributed by atoms with E-state index in [1.165, 1.54) is 0 Å². The summed E-state index contributed by atoms with van der Waals surface area (Å²) in [6, 6.07) is 5.71. The average Bonchev–Trinajstić information content (AvgIpc) is 2.59. The summed E-state index contributed by atoms with van der Waals surface area (Å²) in [4.78, 5) is 3.95. The molecule has 16 heavy (non-hydrogen) atoms. The van der Waals surface area contributed by atoms with Gasteiger partial charge in [-0.1, -0.05) is 0 Å². The van der Waals surface area contributed by atoms with E-state index in [0.717, 1.165) is 22.6 Å². The Morgan fingerprint density at radius 3 is 2.56 bits per heavy atom. The summed E-state index contributed by atoms with van der Waals surface area (Å²) in [5, 5.41) is 10.1. The lowest BCUT2D eigenvalue weighted by molar-refractivity contribution is 0.176. The number of furan rings is 1. The zero-order valence-electron chi connectivity index (χ0n) is 9.47. The topological polar surface area (TPSA) is 46.3 Å². The Kier molecular flexibility index (Phi) is 3.06. The van der Waals surface area contributed by atoms with Crippen molar-refractivity contribution in [2.75, 3.05) is 0 Å². The lowest BCUT2D eigenvalue weighted by Crippen LogP contribution is -2.01. The Hall–Kier alpha value is -1.61. The summed E-state index contributed by atoms with van der Waals surface area (Å²) in [6.45, 7) is 3.76. The maximum absolute atomic E-state index is 10.1. The van der Waals surface area contributed by atoms with Gasteiger partial charge >= 0.3 is 0 Å². The third-order valence-electron chi connectivity index (χ3n) is 2.62. The number of aliphatic hydroxyl groups excluding tert-OH is 1. The van der Waals surface area contributed by atoms with Crippen molar-refractivity contribution in [3.05, 3.63) is 53.2 Å². The fraction of sp³-hybridized carbons (Fsp3) is 0.308. The van der Waals surface area contributed by atoms with Crippen LogP contribution in [0.15, 0.2) is 35.0 Å². The van der Waals surface area contributed by atoms with Crippen LogP contribution >= 0.6 is 0 Å². The van der Waals surface area contributed by atoms with Crippen molar-refractivity contribution >= 4 is 0 Å². The summed E-state index contributed by atoms with van der Waals surface area (Å²) < 4.78 is 5.40. The number of hydrogen-bond acceptors (Lipinski definition) is 3. The molecule has 0 radical (unpaired) electrons. The second kappa shape index (κ2) is 4.49. The highest BCUT2D eigenvalue weighted by atomic mass is 16.3. The van der Waals surface area contributed by atoms with Crippen LogP contribution in [0.4, 0.5) is 0 Å². The van der Waals surface area contributed by atoms with E-state index in [-0.39, 0.29) is 0 Å². The van der Waals surface area contributed by atoms with Gasteiger partial charge in [0.2, 0.25) is 0 Å². The Balaban J connectivity index is 2.14. The highest BCUT2D eigenvalue weighted by molar-refractivity contribution is 5.25. The Bertz CT molecular complexity index is 462. The average molecular weight is 217 g/mol. The molecule has 0 bridgehead atoms. The molecule has 0 aliphatic heterocycles. The van der Waals surface area contributed by atoms with Crippen molar-refractivity contribution in [2.45, 2.75) is 26.4 Å². The fourth-order valence-corrected chi connectivity index (χ4v) is 1.83. The van der Waals surface area contributed by atoms with E-state index in [9.17, 15) is 5.11 Å². The van der Waals surface area contributed by atoms with E-state index in [1.807, 2.05) is 32.0 Å². The molecular formula is C13H15NO2. The molecular weight excluding hydrogens is 202 g/mol. The summed E-state index contributed by atoms with van der Waals surface area (Å²) in [5.41, 5.74) is 1.94. The van der Waals surface area contributed by atoms with Gasteiger partial charge in [-0.05, 0) is 37.6 Å². The summed E-state index contributed by atoms with van der Waals surface area (Å²) in [5.74, 6) is 1.63. The second-order valence-electron chi connectivity index (χ2n) is 3.94. The summed E-state index contributed by atoms with van der Waals surface area (Å²) >= 11 is 0. The maximum Gasteiger partial charge on any atom is 0.106 e. The van der Waals surface area contributed by atoms with Crippen LogP contribution in [0, 0.1) is 13.8 Å². The molecule has 2 heterocycles. The van der Waals surface area contributed by atoms with Gasteiger partial charge in [-0.2, -0.15) is 0 Å². The molecule has 0 aromatic carbocycles. The zero-order valence-corrected chi connectivity index (χ0v) is 9.47.